The Morgan fingerprint density at radius 2 is 2.25 bits per heavy atom. The van der Waals surface area contributed by atoms with Crippen molar-refractivity contribution in [2.45, 2.75) is 12.0 Å². The first-order valence-electron chi connectivity index (χ1n) is 3.38. The molecule has 0 heterocycles. The summed E-state index contributed by atoms with van der Waals surface area (Å²) >= 11 is 0. The molecule has 0 saturated carbocycles. The van der Waals surface area contributed by atoms with Gasteiger partial charge in [-0.3, -0.25) is 11.5 Å². The average molecular weight is 193 g/mol. The van der Waals surface area contributed by atoms with Crippen molar-refractivity contribution in [1.29, 1.82) is 0 Å². The Kier molecular flexibility index (Phi) is 3.85. The van der Waals surface area contributed by atoms with Crippen molar-refractivity contribution in [2.75, 3.05) is 13.2 Å². The maximum atomic E-state index is 11.2. The van der Waals surface area contributed by atoms with Gasteiger partial charge in [-0.1, -0.05) is 6.58 Å². The zero-order valence-electron chi connectivity index (χ0n) is 6.91. The Balaban J connectivity index is 4.87. The minimum atomic E-state index is -3.74. The predicted octanol–water partition coefficient (Wildman–Crippen LogP) is -0.523. The fourth-order valence-electron chi connectivity index (χ4n) is 0.619. The molecule has 0 amide bonds. The number of sulfone groups is 1. The van der Waals surface area contributed by atoms with E-state index in [1.807, 2.05) is 0 Å². The molecule has 71 valence electrons. The van der Waals surface area contributed by atoms with Crippen LogP contribution in [0, 0.1) is 0 Å². The third-order valence-electron chi connectivity index (χ3n) is 1.34. The van der Waals surface area contributed by atoms with Gasteiger partial charge in [-0.05, 0) is 6.92 Å². The van der Waals surface area contributed by atoms with Gasteiger partial charge in [-0.2, -0.15) is 0 Å². The molecule has 1 radical (unpaired) electrons. The summed E-state index contributed by atoms with van der Waals surface area (Å²) in [6.07, 6.45) is 0. The van der Waals surface area contributed by atoms with Crippen LogP contribution in [-0.2, 0) is 14.6 Å². The van der Waals surface area contributed by atoms with Gasteiger partial charge in [0, 0.05) is 12.0 Å². The molecule has 0 fully saturated rings. The first-order valence-corrected chi connectivity index (χ1v) is 4.92. The highest BCUT2D eigenvalue weighted by Crippen LogP contribution is 2.13. The van der Waals surface area contributed by atoms with Crippen LogP contribution in [0.5, 0.6) is 0 Å². The van der Waals surface area contributed by atoms with E-state index in [1.54, 1.807) is 6.92 Å². The van der Waals surface area contributed by atoms with Crippen LogP contribution in [0.25, 0.3) is 0 Å². The van der Waals surface area contributed by atoms with Gasteiger partial charge in [0.1, 0.15) is 0 Å². The minimum absolute atomic E-state index is 0.141. The van der Waals surface area contributed by atoms with Crippen LogP contribution < -0.4 is 11.5 Å². The Morgan fingerprint density at radius 1 is 1.75 bits per heavy atom. The standard InChI is InChI=1S/C6H13N2O3S/c1-3-11-6(8,5-7)12(9,10)4-2/h4,7H,2-3,5,8H2,1H3. The van der Waals surface area contributed by atoms with Crippen molar-refractivity contribution in [3.8, 4) is 0 Å². The molecule has 1 atom stereocenters. The molecule has 3 N–H and O–H groups in total. The summed E-state index contributed by atoms with van der Waals surface area (Å²) in [5.74, 6) is 0. The highest BCUT2D eigenvalue weighted by molar-refractivity contribution is 7.95. The predicted molar refractivity (Wildman–Crippen MR) is 45.6 cm³/mol. The van der Waals surface area contributed by atoms with E-state index in [-0.39, 0.29) is 6.61 Å². The van der Waals surface area contributed by atoms with Crippen LogP contribution in [-0.4, -0.2) is 26.6 Å². The van der Waals surface area contributed by atoms with Gasteiger partial charge in [-0.15, -0.1) is 0 Å². The van der Waals surface area contributed by atoms with Crippen molar-refractivity contribution < 1.29 is 13.2 Å². The zero-order chi connectivity index (χ0) is 9.83. The molecular weight excluding hydrogens is 180 g/mol. The molecule has 0 aromatic rings. The first-order chi connectivity index (χ1) is 5.43. The minimum Gasteiger partial charge on any atom is -0.346 e. The zero-order valence-corrected chi connectivity index (χ0v) is 7.73. The Hall–Kier alpha value is -0.430. The monoisotopic (exact) mass is 193 g/mol. The molecule has 0 aliphatic carbocycles. The van der Waals surface area contributed by atoms with Gasteiger partial charge in [-0.25, -0.2) is 8.42 Å². The van der Waals surface area contributed by atoms with Crippen molar-refractivity contribution in [1.82, 2.24) is 5.73 Å². The number of hydrogen-bond donors (Lipinski definition) is 1. The topological polar surface area (TPSA) is 93.2 Å². The van der Waals surface area contributed by atoms with Crippen LogP contribution in [0.3, 0.4) is 0 Å². The summed E-state index contributed by atoms with van der Waals surface area (Å²) in [7, 11) is -3.74. The lowest BCUT2D eigenvalue weighted by Gasteiger charge is -2.24. The lowest BCUT2D eigenvalue weighted by Crippen LogP contribution is -2.53. The highest BCUT2D eigenvalue weighted by Gasteiger charge is 2.37. The van der Waals surface area contributed by atoms with E-state index in [4.69, 9.17) is 16.2 Å². The Bertz CT molecular complexity index is 250. The van der Waals surface area contributed by atoms with Gasteiger partial charge < -0.3 is 4.74 Å². The third kappa shape index (κ3) is 2.04. The van der Waals surface area contributed by atoms with Gasteiger partial charge in [0.25, 0.3) is 0 Å². The molecule has 0 aromatic heterocycles. The van der Waals surface area contributed by atoms with Gasteiger partial charge in [0.2, 0.25) is 14.9 Å². The SMILES string of the molecule is C=CS(=O)(=O)C(N)(C[NH])OCC. The number of rotatable bonds is 5. The van der Waals surface area contributed by atoms with Crippen LogP contribution in [0.1, 0.15) is 6.92 Å². The quantitative estimate of drug-likeness (QED) is 0.594. The lowest BCUT2D eigenvalue weighted by atomic mass is 10.6. The number of hydrogen-bond acceptors (Lipinski definition) is 4. The van der Waals surface area contributed by atoms with E-state index in [1.165, 1.54) is 0 Å². The Morgan fingerprint density at radius 3 is 2.50 bits per heavy atom. The first kappa shape index (κ1) is 11.6. The van der Waals surface area contributed by atoms with E-state index < -0.39 is 21.4 Å². The van der Waals surface area contributed by atoms with Crippen molar-refractivity contribution >= 4 is 9.84 Å². The van der Waals surface area contributed by atoms with E-state index in [9.17, 15) is 8.42 Å². The second-order valence-corrected chi connectivity index (χ2v) is 4.25. The second kappa shape index (κ2) is 3.99. The smallest absolute Gasteiger partial charge is 0.238 e. The molecule has 0 rings (SSSR count). The molecular formula is C6H13N2O3S. The molecule has 0 aliphatic heterocycles. The van der Waals surface area contributed by atoms with Crippen molar-refractivity contribution in [3.05, 3.63) is 12.0 Å². The molecule has 0 spiro atoms. The summed E-state index contributed by atoms with van der Waals surface area (Å²) < 4.78 is 27.1. The highest BCUT2D eigenvalue weighted by atomic mass is 32.2. The number of nitrogens with two attached hydrogens (primary N) is 1. The van der Waals surface area contributed by atoms with Crippen molar-refractivity contribution in [3.63, 3.8) is 0 Å². The summed E-state index contributed by atoms with van der Waals surface area (Å²) in [6, 6.07) is 0. The van der Waals surface area contributed by atoms with Gasteiger partial charge in [0.05, 0.1) is 6.54 Å². The normalized spacial score (nSPS) is 16.9. The van der Waals surface area contributed by atoms with Crippen LogP contribution in [0.4, 0.5) is 0 Å². The van der Waals surface area contributed by atoms with E-state index >= 15 is 0 Å². The summed E-state index contributed by atoms with van der Waals surface area (Å²) in [4.78, 5) is 0. The molecule has 1 unspecified atom stereocenters. The van der Waals surface area contributed by atoms with E-state index in [0.717, 1.165) is 0 Å². The fraction of sp³-hybridized carbons (Fsp3) is 0.667. The second-order valence-electron chi connectivity index (χ2n) is 2.13. The third-order valence-corrected chi connectivity index (χ3v) is 3.00. The summed E-state index contributed by atoms with van der Waals surface area (Å²) in [5, 5.41) is -1.24. The lowest BCUT2D eigenvalue weighted by molar-refractivity contribution is 0.0371. The van der Waals surface area contributed by atoms with Crippen LogP contribution in [0.2, 0.25) is 0 Å². The molecule has 0 saturated heterocycles. The molecule has 12 heavy (non-hydrogen) atoms. The Labute approximate surface area is 72.3 Å². The van der Waals surface area contributed by atoms with Crippen molar-refractivity contribution in [2.24, 2.45) is 5.73 Å². The number of nitrogens with one attached hydrogen (secondary N) is 1. The van der Waals surface area contributed by atoms with E-state index in [0.29, 0.717) is 5.41 Å². The number of ether oxygens (including phenoxy) is 1. The average Bonchev–Trinajstić information content (AvgIpc) is 2.04. The largest absolute Gasteiger partial charge is 0.346 e. The fourth-order valence-corrected chi connectivity index (χ4v) is 1.38. The van der Waals surface area contributed by atoms with E-state index in [2.05, 4.69) is 6.58 Å². The molecule has 0 bridgehead atoms. The molecule has 6 heteroatoms. The van der Waals surface area contributed by atoms with Gasteiger partial charge >= 0.3 is 0 Å². The maximum Gasteiger partial charge on any atom is 0.238 e. The maximum absolute atomic E-state index is 11.2. The molecule has 5 nitrogen and oxygen atoms in total. The van der Waals surface area contributed by atoms with Crippen LogP contribution >= 0.6 is 0 Å². The molecule has 0 aromatic carbocycles. The van der Waals surface area contributed by atoms with Crippen LogP contribution in [0.15, 0.2) is 12.0 Å². The molecule has 0 aliphatic rings. The summed E-state index contributed by atoms with van der Waals surface area (Å²) in [6.45, 7) is 4.30. The van der Waals surface area contributed by atoms with Gasteiger partial charge in [0.15, 0.2) is 0 Å². The summed E-state index contributed by atoms with van der Waals surface area (Å²) in [5.41, 5.74) is 12.3.